The van der Waals surface area contributed by atoms with Gasteiger partial charge in [0.1, 0.15) is 0 Å². The molecule has 1 saturated heterocycles. The summed E-state index contributed by atoms with van der Waals surface area (Å²) in [6, 6.07) is 0. The number of carboxylic acid groups (broad SMARTS) is 1. The lowest BCUT2D eigenvalue weighted by molar-refractivity contribution is -0.147. The van der Waals surface area contributed by atoms with Crippen molar-refractivity contribution in [3.05, 3.63) is 0 Å². The summed E-state index contributed by atoms with van der Waals surface area (Å²) in [7, 11) is 0. The molecule has 0 spiro atoms. The van der Waals surface area contributed by atoms with E-state index in [1.807, 2.05) is 13.8 Å². The van der Waals surface area contributed by atoms with E-state index in [1.54, 1.807) is 0 Å². The number of carbonyl (C=O) groups is 1. The molecule has 0 amide bonds. The van der Waals surface area contributed by atoms with E-state index in [0.717, 1.165) is 45.1 Å². The summed E-state index contributed by atoms with van der Waals surface area (Å²) in [6.07, 6.45) is 0.729. The Morgan fingerprint density at radius 1 is 1.17 bits per heavy atom. The predicted molar refractivity (Wildman–Crippen MR) is 73.8 cm³/mol. The van der Waals surface area contributed by atoms with Gasteiger partial charge in [-0.3, -0.25) is 4.79 Å². The van der Waals surface area contributed by atoms with Gasteiger partial charge in [-0.25, -0.2) is 0 Å². The van der Waals surface area contributed by atoms with Crippen LogP contribution >= 0.6 is 0 Å². The van der Waals surface area contributed by atoms with E-state index in [2.05, 4.69) is 23.6 Å². The molecule has 0 aromatic carbocycles. The molecule has 106 valence electrons. The molecule has 1 fully saturated rings. The van der Waals surface area contributed by atoms with Crippen molar-refractivity contribution in [1.29, 1.82) is 0 Å². The zero-order chi connectivity index (χ0) is 13.8. The van der Waals surface area contributed by atoms with E-state index >= 15 is 0 Å². The Labute approximate surface area is 111 Å². The molecule has 1 aliphatic rings. The van der Waals surface area contributed by atoms with E-state index < -0.39 is 11.4 Å². The maximum Gasteiger partial charge on any atom is 0.309 e. The fourth-order valence-corrected chi connectivity index (χ4v) is 2.26. The van der Waals surface area contributed by atoms with Gasteiger partial charge in [-0.2, -0.15) is 0 Å². The summed E-state index contributed by atoms with van der Waals surface area (Å²) in [5.41, 5.74) is -0.602. The van der Waals surface area contributed by atoms with Gasteiger partial charge in [-0.1, -0.05) is 13.8 Å². The van der Waals surface area contributed by atoms with Crippen molar-refractivity contribution in [3.8, 4) is 0 Å². The van der Waals surface area contributed by atoms with Gasteiger partial charge in [-0.05, 0) is 32.7 Å². The number of piperazine rings is 1. The van der Waals surface area contributed by atoms with E-state index in [9.17, 15) is 4.79 Å². The summed E-state index contributed by atoms with van der Waals surface area (Å²) in [5.74, 6) is 0.0310. The normalized spacial score (nSPS) is 19.4. The Balaban J connectivity index is 2.26. The topological polar surface area (TPSA) is 43.8 Å². The third-order valence-electron chi connectivity index (χ3n) is 3.72. The lowest BCUT2D eigenvalue weighted by Gasteiger charge is -2.36. The second kappa shape index (κ2) is 6.53. The molecule has 18 heavy (non-hydrogen) atoms. The lowest BCUT2D eigenvalue weighted by atomic mass is 9.89. The molecule has 0 saturated carbocycles. The molecular formula is C14H28N2O2. The fourth-order valence-electron chi connectivity index (χ4n) is 2.26. The molecule has 1 heterocycles. The molecule has 0 aliphatic carbocycles. The molecule has 0 atom stereocenters. The standard InChI is InChI=1S/C14H28N2O2/c1-12(2)11-16-9-7-15(8-10-16)6-5-14(3,4)13(17)18/h12H,5-11H2,1-4H3,(H,17,18). The van der Waals surface area contributed by atoms with Crippen LogP contribution in [0.4, 0.5) is 0 Å². The van der Waals surface area contributed by atoms with Gasteiger partial charge in [0.25, 0.3) is 0 Å². The summed E-state index contributed by atoms with van der Waals surface area (Å²) >= 11 is 0. The van der Waals surface area contributed by atoms with Crippen LogP contribution in [0.1, 0.15) is 34.1 Å². The van der Waals surface area contributed by atoms with Crippen molar-refractivity contribution in [2.45, 2.75) is 34.1 Å². The SMILES string of the molecule is CC(C)CN1CCN(CCC(C)(C)C(=O)O)CC1. The minimum absolute atomic E-state index is 0.602. The van der Waals surface area contributed by atoms with Gasteiger partial charge >= 0.3 is 5.97 Å². The first-order valence-corrected chi connectivity index (χ1v) is 6.99. The molecule has 1 N–H and O–H groups in total. The first-order valence-electron chi connectivity index (χ1n) is 6.99. The highest BCUT2D eigenvalue weighted by Crippen LogP contribution is 2.21. The van der Waals surface area contributed by atoms with Gasteiger partial charge in [0.05, 0.1) is 5.41 Å². The van der Waals surface area contributed by atoms with Crippen LogP contribution in [0.5, 0.6) is 0 Å². The number of nitrogens with zero attached hydrogens (tertiary/aromatic N) is 2. The Hall–Kier alpha value is -0.610. The summed E-state index contributed by atoms with van der Waals surface area (Å²) < 4.78 is 0. The number of aliphatic carboxylic acids is 1. The van der Waals surface area contributed by atoms with Gasteiger partial charge in [-0.15, -0.1) is 0 Å². The molecular weight excluding hydrogens is 228 g/mol. The summed E-state index contributed by atoms with van der Waals surface area (Å²) in [4.78, 5) is 15.9. The van der Waals surface area contributed by atoms with Crippen molar-refractivity contribution >= 4 is 5.97 Å². The number of rotatable bonds is 6. The number of carboxylic acids is 1. The maximum absolute atomic E-state index is 11.0. The minimum Gasteiger partial charge on any atom is -0.481 e. The fraction of sp³-hybridized carbons (Fsp3) is 0.929. The van der Waals surface area contributed by atoms with Gasteiger partial charge in [0.15, 0.2) is 0 Å². The monoisotopic (exact) mass is 256 g/mol. The first kappa shape index (κ1) is 15.4. The number of hydrogen-bond acceptors (Lipinski definition) is 3. The number of hydrogen-bond donors (Lipinski definition) is 1. The first-order chi connectivity index (χ1) is 8.31. The molecule has 4 nitrogen and oxygen atoms in total. The van der Waals surface area contributed by atoms with E-state index in [4.69, 9.17) is 5.11 Å². The van der Waals surface area contributed by atoms with E-state index in [0.29, 0.717) is 0 Å². The zero-order valence-corrected chi connectivity index (χ0v) is 12.3. The van der Waals surface area contributed by atoms with Gasteiger partial charge in [0, 0.05) is 32.7 Å². The summed E-state index contributed by atoms with van der Waals surface area (Å²) in [5, 5.41) is 9.09. The molecule has 0 bridgehead atoms. The van der Waals surface area contributed by atoms with Crippen LogP contribution in [0.25, 0.3) is 0 Å². The minimum atomic E-state index is -0.694. The van der Waals surface area contributed by atoms with Crippen molar-refractivity contribution < 1.29 is 9.90 Å². The highest BCUT2D eigenvalue weighted by atomic mass is 16.4. The van der Waals surface area contributed by atoms with Crippen molar-refractivity contribution in [2.24, 2.45) is 11.3 Å². The van der Waals surface area contributed by atoms with Crippen LogP contribution in [0.2, 0.25) is 0 Å². The zero-order valence-electron chi connectivity index (χ0n) is 12.3. The highest BCUT2D eigenvalue weighted by molar-refractivity contribution is 5.73. The Kier molecular flexibility index (Phi) is 5.60. The van der Waals surface area contributed by atoms with Crippen molar-refractivity contribution in [2.75, 3.05) is 39.3 Å². The van der Waals surface area contributed by atoms with Crippen LogP contribution in [0.3, 0.4) is 0 Å². The molecule has 1 aliphatic heterocycles. The average Bonchev–Trinajstić information content (AvgIpc) is 2.27. The maximum atomic E-state index is 11.0. The summed E-state index contributed by atoms with van der Waals surface area (Å²) in [6.45, 7) is 14.6. The van der Waals surface area contributed by atoms with Crippen LogP contribution in [-0.4, -0.2) is 60.1 Å². The second-order valence-corrected chi connectivity index (χ2v) is 6.48. The molecule has 0 aromatic rings. The molecule has 0 aromatic heterocycles. The smallest absolute Gasteiger partial charge is 0.309 e. The highest BCUT2D eigenvalue weighted by Gasteiger charge is 2.28. The van der Waals surface area contributed by atoms with Crippen LogP contribution in [0.15, 0.2) is 0 Å². The average molecular weight is 256 g/mol. The van der Waals surface area contributed by atoms with Gasteiger partial charge in [0.2, 0.25) is 0 Å². The lowest BCUT2D eigenvalue weighted by Crippen LogP contribution is -2.48. The third kappa shape index (κ3) is 4.94. The second-order valence-electron chi connectivity index (χ2n) is 6.48. The largest absolute Gasteiger partial charge is 0.481 e. The van der Waals surface area contributed by atoms with Crippen molar-refractivity contribution in [3.63, 3.8) is 0 Å². The van der Waals surface area contributed by atoms with Crippen LogP contribution in [-0.2, 0) is 4.79 Å². The Morgan fingerprint density at radius 2 is 1.67 bits per heavy atom. The van der Waals surface area contributed by atoms with Gasteiger partial charge < -0.3 is 14.9 Å². The molecule has 1 rings (SSSR count). The Morgan fingerprint density at radius 3 is 2.11 bits per heavy atom. The predicted octanol–water partition coefficient (Wildman–Crippen LogP) is 1.76. The van der Waals surface area contributed by atoms with Crippen molar-refractivity contribution in [1.82, 2.24) is 9.80 Å². The van der Waals surface area contributed by atoms with Crippen LogP contribution in [0, 0.1) is 11.3 Å². The molecule has 4 heteroatoms. The Bertz CT molecular complexity index is 269. The third-order valence-corrected chi connectivity index (χ3v) is 3.72. The molecule has 0 unspecified atom stereocenters. The van der Waals surface area contributed by atoms with Crippen LogP contribution < -0.4 is 0 Å². The van der Waals surface area contributed by atoms with E-state index in [-0.39, 0.29) is 0 Å². The van der Waals surface area contributed by atoms with E-state index in [1.165, 1.54) is 6.54 Å². The molecule has 0 radical (unpaired) electrons. The quantitative estimate of drug-likeness (QED) is 0.786.